The molecular weight excluding hydrogens is 342 g/mol. The topological polar surface area (TPSA) is 67.6 Å². The van der Waals surface area contributed by atoms with Crippen LogP contribution in [0.2, 0.25) is 0 Å². The first-order chi connectivity index (χ1) is 10.0. The van der Waals surface area contributed by atoms with Gasteiger partial charge in [-0.3, -0.25) is 4.57 Å². The largest absolute Gasteiger partial charge is 0.369 e. The van der Waals surface area contributed by atoms with E-state index in [1.807, 2.05) is 6.07 Å². The Kier molecular flexibility index (Phi) is 3.11. The molecule has 3 rings (SSSR count). The van der Waals surface area contributed by atoms with Crippen molar-refractivity contribution in [2.75, 3.05) is 5.73 Å². The summed E-state index contributed by atoms with van der Waals surface area (Å²) < 4.78 is 29.7. The number of rotatable bonds is 1. The molecule has 0 saturated carbocycles. The number of hydrogen-bond donors (Lipinski definition) is 1. The Labute approximate surface area is 126 Å². The third kappa shape index (κ3) is 2.14. The number of imidazole rings is 1. The van der Waals surface area contributed by atoms with Crippen LogP contribution in [0.25, 0.3) is 16.7 Å². The average Bonchev–Trinajstić information content (AvgIpc) is 2.73. The summed E-state index contributed by atoms with van der Waals surface area (Å²) in [4.78, 5) is 4.06. The molecule has 0 aliphatic heterocycles. The summed E-state index contributed by atoms with van der Waals surface area (Å²) in [5.41, 5.74) is 6.62. The molecule has 0 bridgehead atoms. The molecule has 0 aliphatic carbocycles. The van der Waals surface area contributed by atoms with Crippen LogP contribution in [0.3, 0.4) is 0 Å². The minimum Gasteiger partial charge on any atom is -0.369 e. The Hall–Kier alpha value is -2.46. The number of nitrogen functional groups attached to an aromatic ring is 1. The maximum Gasteiger partial charge on any atom is 0.206 e. The first kappa shape index (κ1) is 13.5. The van der Waals surface area contributed by atoms with Crippen molar-refractivity contribution in [3.63, 3.8) is 0 Å². The lowest BCUT2D eigenvalue weighted by Crippen LogP contribution is -2.06. The lowest BCUT2D eigenvalue weighted by molar-refractivity contribution is 0.570. The highest BCUT2D eigenvalue weighted by Gasteiger charge is 2.18. The van der Waals surface area contributed by atoms with E-state index < -0.39 is 11.6 Å². The standard InChI is InChI=1S/C14H7BrF2N4/c15-8-4-9(16)13(10(17)5-8)21-12-3-7(6-18)1-2-11(12)20-14(21)19/h1-5H,(H2,19,20). The Balaban J connectivity index is 2.40. The highest BCUT2D eigenvalue weighted by molar-refractivity contribution is 9.10. The second-order valence-electron chi connectivity index (χ2n) is 4.34. The van der Waals surface area contributed by atoms with E-state index in [0.29, 0.717) is 16.6 Å². The molecule has 4 nitrogen and oxygen atoms in total. The van der Waals surface area contributed by atoms with E-state index >= 15 is 0 Å². The third-order valence-corrected chi connectivity index (χ3v) is 3.47. The van der Waals surface area contributed by atoms with Gasteiger partial charge in [-0.05, 0) is 30.3 Å². The Morgan fingerprint density at radius 1 is 1.19 bits per heavy atom. The molecule has 0 unspecified atom stereocenters. The average molecular weight is 349 g/mol. The van der Waals surface area contributed by atoms with Gasteiger partial charge in [-0.2, -0.15) is 5.26 Å². The fourth-order valence-electron chi connectivity index (χ4n) is 2.15. The quantitative estimate of drug-likeness (QED) is 0.731. The number of aromatic nitrogens is 2. The first-order valence-electron chi connectivity index (χ1n) is 5.84. The molecule has 3 aromatic rings. The van der Waals surface area contributed by atoms with Crippen LogP contribution in [0, 0.1) is 23.0 Å². The molecule has 1 heterocycles. The number of fused-ring (bicyclic) bond motifs is 1. The van der Waals surface area contributed by atoms with Gasteiger partial charge in [0.15, 0.2) is 11.6 Å². The number of nitrogens with two attached hydrogens (primary N) is 1. The van der Waals surface area contributed by atoms with E-state index in [1.165, 1.54) is 6.07 Å². The van der Waals surface area contributed by atoms with Crippen molar-refractivity contribution in [2.45, 2.75) is 0 Å². The predicted octanol–water partition coefficient (Wildman–Crippen LogP) is 3.52. The van der Waals surface area contributed by atoms with Crippen LogP contribution in [0.1, 0.15) is 5.56 Å². The number of hydrogen-bond acceptors (Lipinski definition) is 3. The molecule has 0 amide bonds. The zero-order chi connectivity index (χ0) is 15.1. The zero-order valence-corrected chi connectivity index (χ0v) is 12.0. The summed E-state index contributed by atoms with van der Waals surface area (Å²) in [6.07, 6.45) is 0. The van der Waals surface area contributed by atoms with Crippen molar-refractivity contribution in [3.05, 3.63) is 52.0 Å². The Bertz CT molecular complexity index is 888. The summed E-state index contributed by atoms with van der Waals surface area (Å²) in [6, 6.07) is 8.87. The van der Waals surface area contributed by atoms with Gasteiger partial charge in [0.05, 0.1) is 22.7 Å². The fraction of sp³-hybridized carbons (Fsp3) is 0. The molecule has 2 N–H and O–H groups in total. The summed E-state index contributed by atoms with van der Waals surface area (Å²) in [6.45, 7) is 0. The van der Waals surface area contributed by atoms with Gasteiger partial charge in [-0.1, -0.05) is 15.9 Å². The predicted molar refractivity (Wildman–Crippen MR) is 77.8 cm³/mol. The van der Waals surface area contributed by atoms with Gasteiger partial charge in [-0.25, -0.2) is 13.8 Å². The minimum absolute atomic E-state index is 0.0554. The summed E-state index contributed by atoms with van der Waals surface area (Å²) >= 11 is 3.02. The SMILES string of the molecule is N#Cc1ccc2nc(N)n(-c3c(F)cc(Br)cc3F)c2c1. The number of nitriles is 1. The van der Waals surface area contributed by atoms with Gasteiger partial charge in [0, 0.05) is 4.47 Å². The Morgan fingerprint density at radius 3 is 2.48 bits per heavy atom. The third-order valence-electron chi connectivity index (χ3n) is 3.01. The minimum atomic E-state index is -0.782. The Morgan fingerprint density at radius 2 is 1.86 bits per heavy atom. The van der Waals surface area contributed by atoms with Crippen molar-refractivity contribution in [3.8, 4) is 11.8 Å². The van der Waals surface area contributed by atoms with Gasteiger partial charge in [0.25, 0.3) is 0 Å². The van der Waals surface area contributed by atoms with Crippen molar-refractivity contribution >= 4 is 32.9 Å². The van der Waals surface area contributed by atoms with Crippen molar-refractivity contribution in [2.24, 2.45) is 0 Å². The highest BCUT2D eigenvalue weighted by atomic mass is 79.9. The van der Waals surface area contributed by atoms with Crippen molar-refractivity contribution in [1.82, 2.24) is 9.55 Å². The van der Waals surface area contributed by atoms with Crippen molar-refractivity contribution in [1.29, 1.82) is 5.26 Å². The molecule has 0 saturated heterocycles. The van der Waals surface area contributed by atoms with Gasteiger partial charge in [0.2, 0.25) is 5.95 Å². The number of anilines is 1. The van der Waals surface area contributed by atoms with Gasteiger partial charge < -0.3 is 5.73 Å². The monoisotopic (exact) mass is 348 g/mol. The van der Waals surface area contributed by atoms with Crippen LogP contribution in [0.4, 0.5) is 14.7 Å². The molecule has 7 heteroatoms. The van der Waals surface area contributed by atoms with Crippen LogP contribution in [0.15, 0.2) is 34.8 Å². The molecule has 0 radical (unpaired) electrons. The number of nitrogens with zero attached hydrogens (tertiary/aromatic N) is 3. The maximum atomic E-state index is 14.1. The van der Waals surface area contributed by atoms with E-state index in [0.717, 1.165) is 16.7 Å². The summed E-state index contributed by atoms with van der Waals surface area (Å²) in [5.74, 6) is -1.62. The smallest absolute Gasteiger partial charge is 0.206 e. The van der Waals surface area contributed by atoms with Crippen LogP contribution in [-0.4, -0.2) is 9.55 Å². The summed E-state index contributed by atoms with van der Waals surface area (Å²) in [5, 5.41) is 8.95. The van der Waals surface area contributed by atoms with E-state index in [2.05, 4.69) is 20.9 Å². The van der Waals surface area contributed by atoms with E-state index in [4.69, 9.17) is 11.0 Å². The number of halogens is 3. The van der Waals surface area contributed by atoms with Crippen LogP contribution in [0.5, 0.6) is 0 Å². The molecule has 1 aromatic heterocycles. The van der Waals surface area contributed by atoms with Crippen LogP contribution >= 0.6 is 15.9 Å². The maximum absolute atomic E-state index is 14.1. The molecule has 0 atom stereocenters. The summed E-state index contributed by atoms with van der Waals surface area (Å²) in [7, 11) is 0. The lowest BCUT2D eigenvalue weighted by atomic mass is 10.2. The first-order valence-corrected chi connectivity index (χ1v) is 6.63. The normalized spacial score (nSPS) is 10.8. The zero-order valence-electron chi connectivity index (χ0n) is 10.4. The van der Waals surface area contributed by atoms with Crippen LogP contribution < -0.4 is 5.73 Å². The number of benzene rings is 2. The molecular formula is C14H7BrF2N4. The highest BCUT2D eigenvalue weighted by Crippen LogP contribution is 2.29. The molecule has 0 fully saturated rings. The fourth-order valence-corrected chi connectivity index (χ4v) is 2.55. The lowest BCUT2D eigenvalue weighted by Gasteiger charge is -2.09. The second kappa shape index (κ2) is 4.82. The molecule has 21 heavy (non-hydrogen) atoms. The van der Waals surface area contributed by atoms with Crippen molar-refractivity contribution < 1.29 is 8.78 Å². The molecule has 2 aromatic carbocycles. The molecule has 104 valence electrons. The van der Waals surface area contributed by atoms with E-state index in [-0.39, 0.29) is 16.1 Å². The van der Waals surface area contributed by atoms with Gasteiger partial charge in [0.1, 0.15) is 5.69 Å². The van der Waals surface area contributed by atoms with Gasteiger partial charge >= 0.3 is 0 Å². The molecule has 0 aliphatic rings. The van der Waals surface area contributed by atoms with E-state index in [9.17, 15) is 8.78 Å². The van der Waals surface area contributed by atoms with E-state index in [1.54, 1.807) is 12.1 Å². The van der Waals surface area contributed by atoms with Crippen LogP contribution in [-0.2, 0) is 0 Å². The second-order valence-corrected chi connectivity index (χ2v) is 5.25. The van der Waals surface area contributed by atoms with Gasteiger partial charge in [-0.15, -0.1) is 0 Å². The molecule has 0 spiro atoms.